The molecule has 5 heteroatoms. The number of nitrogens with zero attached hydrogens (tertiary/aromatic N) is 2. The van der Waals surface area contributed by atoms with Crippen molar-refractivity contribution in [2.24, 2.45) is 5.92 Å². The third kappa shape index (κ3) is 1.92. The molecular weight excluding hydrogens is 230 g/mol. The van der Waals surface area contributed by atoms with Gasteiger partial charge in [0.1, 0.15) is 5.69 Å². The van der Waals surface area contributed by atoms with Crippen molar-refractivity contribution in [1.82, 2.24) is 15.1 Å². The number of H-pyrrole nitrogens is 1. The van der Waals surface area contributed by atoms with Gasteiger partial charge in [-0.1, -0.05) is 6.42 Å². The van der Waals surface area contributed by atoms with E-state index in [0.717, 1.165) is 38.6 Å². The molecule has 3 atom stereocenters. The number of hydrogen-bond acceptors (Lipinski definition) is 3. The fourth-order valence-electron chi connectivity index (χ4n) is 3.44. The summed E-state index contributed by atoms with van der Waals surface area (Å²) in [6.07, 6.45) is 6.42. The Kier molecular flexibility index (Phi) is 3.07. The van der Waals surface area contributed by atoms with E-state index in [-0.39, 0.29) is 24.0 Å². The smallest absolute Gasteiger partial charge is 0.272 e. The van der Waals surface area contributed by atoms with Crippen LogP contribution < -0.4 is 0 Å². The van der Waals surface area contributed by atoms with E-state index in [1.54, 1.807) is 12.3 Å². The lowest BCUT2D eigenvalue weighted by atomic mass is 9.94. The van der Waals surface area contributed by atoms with Crippen molar-refractivity contribution in [2.45, 2.75) is 44.2 Å². The fraction of sp³-hybridized carbons (Fsp3) is 0.692. The van der Waals surface area contributed by atoms with Gasteiger partial charge >= 0.3 is 0 Å². The van der Waals surface area contributed by atoms with E-state index in [1.807, 2.05) is 4.90 Å². The second-order valence-electron chi connectivity index (χ2n) is 5.34. The number of aromatic amines is 1. The lowest BCUT2D eigenvalue weighted by molar-refractivity contribution is 0.0523. The lowest BCUT2D eigenvalue weighted by Crippen LogP contribution is -2.42. The SMILES string of the molecule is O=C(c1ccn[nH]1)N1CCCC1C1CCCC1O. The van der Waals surface area contributed by atoms with Gasteiger partial charge in [-0.2, -0.15) is 5.10 Å². The van der Waals surface area contributed by atoms with Gasteiger partial charge in [-0.05, 0) is 31.7 Å². The summed E-state index contributed by atoms with van der Waals surface area (Å²) < 4.78 is 0. The summed E-state index contributed by atoms with van der Waals surface area (Å²) in [5.74, 6) is 0.286. The lowest BCUT2D eigenvalue weighted by Gasteiger charge is -2.30. The third-order valence-corrected chi connectivity index (χ3v) is 4.32. The maximum atomic E-state index is 12.4. The van der Waals surface area contributed by atoms with Gasteiger partial charge in [0.2, 0.25) is 0 Å². The average molecular weight is 249 g/mol. The summed E-state index contributed by atoms with van der Waals surface area (Å²) in [5.41, 5.74) is 0.550. The molecule has 0 spiro atoms. The summed E-state index contributed by atoms with van der Waals surface area (Å²) in [5, 5.41) is 16.6. The maximum absolute atomic E-state index is 12.4. The van der Waals surface area contributed by atoms with Crippen LogP contribution in [0.2, 0.25) is 0 Å². The van der Waals surface area contributed by atoms with Crippen LogP contribution in [0.1, 0.15) is 42.6 Å². The van der Waals surface area contributed by atoms with Crippen molar-refractivity contribution >= 4 is 5.91 Å². The highest BCUT2D eigenvalue weighted by Gasteiger charge is 2.40. The predicted octanol–water partition coefficient (Wildman–Crippen LogP) is 1.18. The highest BCUT2D eigenvalue weighted by atomic mass is 16.3. The van der Waals surface area contributed by atoms with E-state index in [9.17, 15) is 9.90 Å². The molecular formula is C13H19N3O2. The molecule has 1 aromatic heterocycles. The van der Waals surface area contributed by atoms with Crippen molar-refractivity contribution in [2.75, 3.05) is 6.54 Å². The molecule has 3 unspecified atom stereocenters. The maximum Gasteiger partial charge on any atom is 0.272 e. The van der Waals surface area contributed by atoms with E-state index in [0.29, 0.717) is 5.69 Å². The molecule has 1 saturated carbocycles. The number of aromatic nitrogens is 2. The molecule has 5 nitrogen and oxygen atoms in total. The summed E-state index contributed by atoms with van der Waals surface area (Å²) in [7, 11) is 0. The van der Waals surface area contributed by atoms with Gasteiger partial charge in [0.15, 0.2) is 0 Å². The molecule has 18 heavy (non-hydrogen) atoms. The Hall–Kier alpha value is -1.36. The van der Waals surface area contributed by atoms with Crippen molar-refractivity contribution in [3.8, 4) is 0 Å². The molecule has 98 valence electrons. The largest absolute Gasteiger partial charge is 0.393 e. The first-order valence-electron chi connectivity index (χ1n) is 6.76. The van der Waals surface area contributed by atoms with Gasteiger partial charge in [-0.15, -0.1) is 0 Å². The number of hydrogen-bond donors (Lipinski definition) is 2. The molecule has 1 aliphatic heterocycles. The van der Waals surface area contributed by atoms with Crippen LogP contribution >= 0.6 is 0 Å². The molecule has 0 bridgehead atoms. The monoisotopic (exact) mass is 249 g/mol. The third-order valence-electron chi connectivity index (χ3n) is 4.32. The van der Waals surface area contributed by atoms with Crippen molar-refractivity contribution in [1.29, 1.82) is 0 Å². The molecule has 2 fully saturated rings. The minimum Gasteiger partial charge on any atom is -0.393 e. The molecule has 0 radical (unpaired) electrons. The average Bonchev–Trinajstić information content (AvgIpc) is 3.09. The van der Waals surface area contributed by atoms with E-state index >= 15 is 0 Å². The predicted molar refractivity (Wildman–Crippen MR) is 66.0 cm³/mol. The first-order chi connectivity index (χ1) is 8.77. The summed E-state index contributed by atoms with van der Waals surface area (Å²) in [6, 6.07) is 1.92. The first-order valence-corrected chi connectivity index (χ1v) is 6.76. The quantitative estimate of drug-likeness (QED) is 0.826. The van der Waals surface area contributed by atoms with Gasteiger partial charge < -0.3 is 10.0 Å². The Morgan fingerprint density at radius 2 is 2.28 bits per heavy atom. The van der Waals surface area contributed by atoms with Crippen LogP contribution in [0.4, 0.5) is 0 Å². The van der Waals surface area contributed by atoms with Gasteiger partial charge in [0, 0.05) is 24.7 Å². The Morgan fingerprint density at radius 3 is 2.94 bits per heavy atom. The number of amides is 1. The second-order valence-corrected chi connectivity index (χ2v) is 5.34. The van der Waals surface area contributed by atoms with Crippen molar-refractivity contribution < 1.29 is 9.90 Å². The van der Waals surface area contributed by atoms with Crippen LogP contribution in [-0.2, 0) is 0 Å². The summed E-state index contributed by atoms with van der Waals surface area (Å²) in [4.78, 5) is 14.3. The standard InChI is InChI=1S/C13H19N3O2/c17-12-5-1-3-9(12)11-4-2-8-16(11)13(18)10-6-7-14-15-10/h6-7,9,11-12,17H,1-5,8H2,(H,14,15). The normalized spacial score (nSPS) is 32.1. The highest BCUT2D eigenvalue weighted by molar-refractivity contribution is 5.92. The van der Waals surface area contributed by atoms with E-state index in [1.165, 1.54) is 0 Å². The van der Waals surface area contributed by atoms with E-state index in [4.69, 9.17) is 0 Å². The molecule has 1 saturated heterocycles. The number of aliphatic hydroxyl groups is 1. The fourth-order valence-corrected chi connectivity index (χ4v) is 3.44. The van der Waals surface area contributed by atoms with Crippen LogP contribution in [0.25, 0.3) is 0 Å². The number of rotatable bonds is 2. The molecule has 2 N–H and O–H groups in total. The number of likely N-dealkylation sites (tertiary alicyclic amines) is 1. The summed E-state index contributed by atoms with van der Waals surface area (Å²) in [6.45, 7) is 0.797. The van der Waals surface area contributed by atoms with Gasteiger partial charge in [-0.3, -0.25) is 9.89 Å². The Balaban J connectivity index is 1.77. The van der Waals surface area contributed by atoms with Crippen LogP contribution in [-0.4, -0.2) is 44.8 Å². The minimum absolute atomic E-state index is 0.0223. The zero-order valence-corrected chi connectivity index (χ0v) is 10.4. The minimum atomic E-state index is -0.231. The van der Waals surface area contributed by atoms with Crippen LogP contribution in [0.5, 0.6) is 0 Å². The Bertz CT molecular complexity index is 418. The number of nitrogens with one attached hydrogen (secondary N) is 1. The van der Waals surface area contributed by atoms with E-state index < -0.39 is 0 Å². The van der Waals surface area contributed by atoms with Crippen molar-refractivity contribution in [3.05, 3.63) is 18.0 Å². The number of carbonyl (C=O) groups excluding carboxylic acids is 1. The van der Waals surface area contributed by atoms with E-state index in [2.05, 4.69) is 10.2 Å². The topological polar surface area (TPSA) is 69.2 Å². The second kappa shape index (κ2) is 4.72. The van der Waals surface area contributed by atoms with Crippen LogP contribution in [0.3, 0.4) is 0 Å². The molecule has 1 amide bonds. The molecule has 3 rings (SSSR count). The zero-order valence-electron chi connectivity index (χ0n) is 10.4. The number of carbonyl (C=O) groups is 1. The Morgan fingerprint density at radius 1 is 1.39 bits per heavy atom. The Labute approximate surface area is 106 Å². The molecule has 1 aromatic rings. The number of aliphatic hydroxyl groups excluding tert-OH is 1. The van der Waals surface area contributed by atoms with Gasteiger partial charge in [0.25, 0.3) is 5.91 Å². The molecule has 2 heterocycles. The van der Waals surface area contributed by atoms with Gasteiger partial charge in [-0.25, -0.2) is 0 Å². The van der Waals surface area contributed by atoms with Gasteiger partial charge in [0.05, 0.1) is 6.10 Å². The highest BCUT2D eigenvalue weighted by Crippen LogP contribution is 2.36. The molecule has 1 aliphatic carbocycles. The van der Waals surface area contributed by atoms with Crippen molar-refractivity contribution in [3.63, 3.8) is 0 Å². The zero-order chi connectivity index (χ0) is 12.5. The molecule has 2 aliphatic rings. The summed E-state index contributed by atoms with van der Waals surface area (Å²) >= 11 is 0. The van der Waals surface area contributed by atoms with Crippen LogP contribution in [0.15, 0.2) is 12.3 Å². The first kappa shape index (κ1) is 11.7. The van der Waals surface area contributed by atoms with Crippen LogP contribution in [0, 0.1) is 5.92 Å². The molecule has 0 aromatic carbocycles.